The first kappa shape index (κ1) is 42.5. The van der Waals surface area contributed by atoms with Gasteiger partial charge in [-0.05, 0) is 63.7 Å². The van der Waals surface area contributed by atoms with Gasteiger partial charge in [0.25, 0.3) is 0 Å². The second-order valence-corrected chi connectivity index (χ2v) is 17.4. The summed E-state index contributed by atoms with van der Waals surface area (Å²) in [6, 6.07) is 67.7. The summed E-state index contributed by atoms with van der Waals surface area (Å²) in [5.74, 6) is 0.576. The summed E-state index contributed by atoms with van der Waals surface area (Å²) in [6.07, 6.45) is 0. The van der Waals surface area contributed by atoms with Crippen molar-refractivity contribution in [1.29, 1.82) is 0 Å². The molecule has 0 saturated carbocycles. The number of hydrogen-bond acceptors (Lipinski definition) is 2. The van der Waals surface area contributed by atoms with E-state index in [4.69, 9.17) is 0 Å². The molecule has 8 aromatic carbocycles. The first-order chi connectivity index (χ1) is 30.8. The van der Waals surface area contributed by atoms with Crippen LogP contribution in [0.5, 0.6) is 0 Å². The number of anilines is 2. The van der Waals surface area contributed by atoms with Crippen molar-refractivity contribution < 1.29 is 15.1 Å². The van der Waals surface area contributed by atoms with Crippen LogP contribution in [-0.2, 0) is 15.1 Å². The standard InChI is InChI=1S/C59H53N2.ClH.Cu/c1-38-33-51(40(3)44-21-11-7-12-22-44)56(52(34-38)41(4)45-23-13-8-14-24-45)60-37-61(59-50-32-20-30-48-29-19-31-49(55(48)50)58(59)60)57-53(42(5)46-25-15-9-16-26-46)35-39(2)36-54(57)43(6)47-27-17-10-18-28-47;;/h7-37,40-43H,1-6H3;1H;/q-1;;+2/p-1. The number of fused-ring (bicyclic) bond motifs is 2. The first-order valence-electron chi connectivity index (χ1n) is 22.1. The van der Waals surface area contributed by atoms with Crippen molar-refractivity contribution in [2.75, 3.05) is 9.80 Å². The predicted octanol–water partition coefficient (Wildman–Crippen LogP) is 16.0. The van der Waals surface area contributed by atoms with Crippen LogP contribution in [0.2, 0.25) is 0 Å². The molecule has 1 aliphatic carbocycles. The van der Waals surface area contributed by atoms with Crippen LogP contribution in [0.1, 0.15) is 118 Å². The molecular formula is C59H53ClCuN2. The van der Waals surface area contributed by atoms with Crippen LogP contribution in [0.15, 0.2) is 182 Å². The van der Waals surface area contributed by atoms with Crippen LogP contribution >= 0.6 is 10.1 Å². The summed E-state index contributed by atoms with van der Waals surface area (Å²) in [4.78, 5) is 5.20. The predicted molar refractivity (Wildman–Crippen MR) is 264 cm³/mol. The van der Waals surface area contributed by atoms with Gasteiger partial charge in [-0.15, -0.1) is 6.67 Å². The molecule has 4 atom stereocenters. The topological polar surface area (TPSA) is 6.48 Å². The third-order valence-corrected chi connectivity index (χ3v) is 13.5. The Morgan fingerprint density at radius 2 is 0.683 bits per heavy atom. The minimum absolute atomic E-state index is 0.144. The first-order valence-corrected chi connectivity index (χ1v) is 23.4. The van der Waals surface area contributed by atoms with E-state index in [9.17, 15) is 0 Å². The van der Waals surface area contributed by atoms with E-state index in [2.05, 4.69) is 265 Å². The van der Waals surface area contributed by atoms with Crippen molar-refractivity contribution in [3.63, 3.8) is 0 Å². The minimum atomic E-state index is 0.144. The van der Waals surface area contributed by atoms with Crippen LogP contribution in [0.25, 0.3) is 22.2 Å². The number of benzene rings is 8. The van der Waals surface area contributed by atoms with E-state index >= 15 is 0 Å². The molecule has 63 heavy (non-hydrogen) atoms. The van der Waals surface area contributed by atoms with Gasteiger partial charge in [0.05, 0.1) is 0 Å². The summed E-state index contributed by atoms with van der Waals surface area (Å²) in [5.41, 5.74) is 20.7. The van der Waals surface area contributed by atoms with Gasteiger partial charge in [-0.2, -0.15) is 0 Å². The number of halogens is 1. The van der Waals surface area contributed by atoms with Gasteiger partial charge in [-0.1, -0.05) is 221 Å². The molecule has 1 heterocycles. The Morgan fingerprint density at radius 3 is 0.968 bits per heavy atom. The zero-order chi connectivity index (χ0) is 43.8. The summed E-state index contributed by atoms with van der Waals surface area (Å²) >= 11 is 3.66. The molecule has 4 unspecified atom stereocenters. The van der Waals surface area contributed by atoms with Gasteiger partial charge in [0.2, 0.25) is 0 Å². The van der Waals surface area contributed by atoms with Gasteiger partial charge >= 0.3 is 25.2 Å². The molecule has 0 aromatic heterocycles. The SMILES string of the molecule is Cc1cc(C(C)c2ccccc2)c(N2[CH-]N(c3c(C(C)c4ccccc4)cc(C)cc3C(C)c3ccccc3)C3=C2c2cccc4cccc3c24)c(C(C)c2ccccc2)c1.[Cl][Cu+]. The third kappa shape index (κ3) is 7.71. The molecule has 0 N–H and O–H groups in total. The zero-order valence-electron chi connectivity index (χ0n) is 36.8. The molecule has 0 bridgehead atoms. The molecule has 1 aliphatic heterocycles. The van der Waals surface area contributed by atoms with E-state index in [1.54, 1.807) is 0 Å². The molecular weight excluding hydrogens is 836 g/mol. The Kier molecular flexibility index (Phi) is 12.2. The van der Waals surface area contributed by atoms with E-state index in [-0.39, 0.29) is 23.7 Å². The zero-order valence-corrected chi connectivity index (χ0v) is 38.5. The molecule has 2 nitrogen and oxygen atoms in total. The Bertz CT molecular complexity index is 2600. The van der Waals surface area contributed by atoms with E-state index in [1.807, 2.05) is 0 Å². The van der Waals surface area contributed by atoms with E-state index < -0.39 is 0 Å². The van der Waals surface area contributed by atoms with Gasteiger partial charge in [-0.3, -0.25) is 0 Å². The van der Waals surface area contributed by atoms with Crippen LogP contribution in [0.4, 0.5) is 11.4 Å². The van der Waals surface area contributed by atoms with Crippen molar-refractivity contribution in [1.82, 2.24) is 0 Å². The molecule has 317 valence electrons. The second-order valence-electron chi connectivity index (χ2n) is 17.4. The Morgan fingerprint density at radius 1 is 0.397 bits per heavy atom. The van der Waals surface area contributed by atoms with Crippen LogP contribution in [-0.4, -0.2) is 0 Å². The maximum atomic E-state index is 4.20. The van der Waals surface area contributed by atoms with Gasteiger partial charge in [-0.25, -0.2) is 0 Å². The monoisotopic (exact) mass is 887 g/mol. The number of rotatable bonds is 10. The summed E-state index contributed by atoms with van der Waals surface area (Å²) in [7, 11) is 4.20. The fraction of sp³-hybridized carbons (Fsp3) is 0.169. The van der Waals surface area contributed by atoms with E-state index in [1.165, 1.54) is 100 Å². The molecule has 0 amide bonds. The number of nitrogens with zero attached hydrogens (tertiary/aromatic N) is 2. The van der Waals surface area contributed by atoms with E-state index in [0.717, 1.165) is 0 Å². The van der Waals surface area contributed by atoms with Crippen molar-refractivity contribution in [2.45, 2.75) is 65.2 Å². The van der Waals surface area contributed by atoms with E-state index in [0.29, 0.717) is 0 Å². The van der Waals surface area contributed by atoms with Crippen LogP contribution in [0.3, 0.4) is 0 Å². The molecule has 2 aliphatic rings. The van der Waals surface area contributed by atoms with Gasteiger partial charge in [0, 0.05) is 63.0 Å². The molecule has 0 radical (unpaired) electrons. The average molecular weight is 889 g/mol. The van der Waals surface area contributed by atoms with Crippen LogP contribution in [0, 0.1) is 20.5 Å². The molecule has 4 heteroatoms. The van der Waals surface area contributed by atoms with Gasteiger partial charge in [0.1, 0.15) is 0 Å². The fourth-order valence-electron chi connectivity index (χ4n) is 10.3. The van der Waals surface area contributed by atoms with Crippen molar-refractivity contribution >= 4 is 43.6 Å². The second kappa shape index (κ2) is 18.1. The number of aryl methyl sites for hydroxylation is 2. The molecule has 0 saturated heterocycles. The third-order valence-electron chi connectivity index (χ3n) is 13.5. The van der Waals surface area contributed by atoms with Crippen molar-refractivity contribution in [2.24, 2.45) is 0 Å². The fourth-order valence-corrected chi connectivity index (χ4v) is 10.3. The molecule has 0 fully saturated rings. The number of hydrogen-bond donors (Lipinski definition) is 0. The quantitative estimate of drug-likeness (QED) is 0.0997. The average Bonchev–Trinajstić information content (AvgIpc) is 3.89. The molecule has 0 spiro atoms. The van der Waals surface area contributed by atoms with Gasteiger partial charge in [0.15, 0.2) is 0 Å². The van der Waals surface area contributed by atoms with Gasteiger partial charge < -0.3 is 9.80 Å². The Labute approximate surface area is 386 Å². The summed E-state index contributed by atoms with van der Waals surface area (Å²) in [6.45, 7) is 16.5. The van der Waals surface area contributed by atoms with Crippen molar-refractivity contribution in [3.8, 4) is 0 Å². The summed E-state index contributed by atoms with van der Waals surface area (Å²) in [5, 5.41) is 2.59. The normalized spacial score (nSPS) is 14.9. The Hall–Kier alpha value is -5.83. The van der Waals surface area contributed by atoms with Crippen LogP contribution < -0.4 is 9.80 Å². The summed E-state index contributed by atoms with van der Waals surface area (Å²) < 4.78 is 0. The molecule has 10 rings (SSSR count). The Balaban J connectivity index is 0.00000249. The molecule has 8 aromatic rings. The van der Waals surface area contributed by atoms with Crippen molar-refractivity contribution in [3.05, 3.63) is 255 Å². The maximum absolute atomic E-state index is 4.20.